The van der Waals surface area contributed by atoms with Gasteiger partial charge in [0.15, 0.2) is 23.1 Å². The fourth-order valence-electron chi connectivity index (χ4n) is 2.43. The Morgan fingerprint density at radius 3 is 2.71 bits per heavy atom. The molecule has 0 spiro atoms. The van der Waals surface area contributed by atoms with Gasteiger partial charge < -0.3 is 19.5 Å². The number of hydrogen-bond donors (Lipinski definition) is 1. The monoisotopic (exact) mass is 379 g/mol. The Bertz CT molecular complexity index is 1040. The van der Waals surface area contributed by atoms with E-state index in [4.69, 9.17) is 14.2 Å². The van der Waals surface area contributed by atoms with Gasteiger partial charge in [0.05, 0.1) is 18.1 Å². The van der Waals surface area contributed by atoms with E-state index >= 15 is 0 Å². The molecule has 4 rings (SSSR count). The summed E-state index contributed by atoms with van der Waals surface area (Å²) in [5.41, 5.74) is 1.17. The Balaban J connectivity index is 1.36. The van der Waals surface area contributed by atoms with Crippen LogP contribution in [0.2, 0.25) is 0 Å². The number of para-hydroxylation sites is 1. The average Bonchev–Trinajstić information content (AvgIpc) is 3.17. The van der Waals surface area contributed by atoms with Crippen molar-refractivity contribution >= 4 is 17.7 Å². The van der Waals surface area contributed by atoms with E-state index in [1.165, 1.54) is 30.6 Å². The van der Waals surface area contributed by atoms with E-state index in [1.807, 2.05) is 6.07 Å². The summed E-state index contributed by atoms with van der Waals surface area (Å²) in [7, 11) is 0. The Morgan fingerprint density at radius 2 is 1.89 bits per heavy atom. The molecule has 8 heteroatoms. The number of halogens is 1. The molecule has 0 unspecified atom stereocenters. The molecule has 1 aliphatic rings. The van der Waals surface area contributed by atoms with Gasteiger partial charge in [-0.05, 0) is 35.9 Å². The largest absolute Gasteiger partial charge is 0.454 e. The van der Waals surface area contributed by atoms with E-state index in [9.17, 15) is 9.18 Å². The lowest BCUT2D eigenvalue weighted by Gasteiger charge is -2.05. The third-order valence-corrected chi connectivity index (χ3v) is 3.76. The number of benzene rings is 2. The van der Waals surface area contributed by atoms with Gasteiger partial charge in [0.2, 0.25) is 12.7 Å². The first-order valence-corrected chi connectivity index (χ1v) is 8.30. The number of fused-ring (bicyclic) bond motifs is 1. The first-order valence-electron chi connectivity index (χ1n) is 8.30. The quantitative estimate of drug-likeness (QED) is 0.679. The maximum atomic E-state index is 13.6. The fourth-order valence-corrected chi connectivity index (χ4v) is 2.43. The molecule has 140 valence electrons. The van der Waals surface area contributed by atoms with E-state index in [1.54, 1.807) is 30.3 Å². The van der Waals surface area contributed by atoms with Crippen molar-refractivity contribution in [2.45, 2.75) is 0 Å². The zero-order valence-corrected chi connectivity index (χ0v) is 14.5. The Kier molecular flexibility index (Phi) is 4.83. The van der Waals surface area contributed by atoms with E-state index in [-0.39, 0.29) is 24.5 Å². The number of nitrogens with zero attached hydrogens (tertiary/aromatic N) is 2. The van der Waals surface area contributed by atoms with Crippen LogP contribution in [0.5, 0.6) is 23.3 Å². The average molecular weight is 379 g/mol. The molecule has 2 heterocycles. The highest BCUT2D eigenvalue weighted by Crippen LogP contribution is 2.32. The van der Waals surface area contributed by atoms with Gasteiger partial charge in [-0.3, -0.25) is 4.79 Å². The molecule has 0 radical (unpaired) electrons. The van der Waals surface area contributed by atoms with Crippen molar-refractivity contribution in [1.82, 2.24) is 9.97 Å². The van der Waals surface area contributed by atoms with Gasteiger partial charge in [0.1, 0.15) is 0 Å². The Morgan fingerprint density at radius 1 is 1.11 bits per heavy atom. The second-order valence-corrected chi connectivity index (χ2v) is 5.72. The molecule has 2 aromatic carbocycles. The molecule has 0 fully saturated rings. The second kappa shape index (κ2) is 7.75. The topological polar surface area (TPSA) is 82.6 Å². The summed E-state index contributed by atoms with van der Waals surface area (Å²) >= 11 is 0. The highest BCUT2D eigenvalue weighted by molar-refractivity contribution is 6.01. The molecule has 3 aromatic rings. The lowest BCUT2D eigenvalue weighted by Crippen LogP contribution is -2.08. The zero-order chi connectivity index (χ0) is 19.3. The summed E-state index contributed by atoms with van der Waals surface area (Å²) in [5.74, 6) is 0.463. The predicted molar refractivity (Wildman–Crippen MR) is 98.7 cm³/mol. The van der Waals surface area contributed by atoms with Crippen molar-refractivity contribution in [3.8, 4) is 23.3 Å². The van der Waals surface area contributed by atoms with Crippen LogP contribution in [0.15, 0.2) is 60.9 Å². The number of carbonyl (C=O) groups is 1. The summed E-state index contributed by atoms with van der Waals surface area (Å²) in [6, 6.07) is 11.3. The Hall–Kier alpha value is -3.94. The molecule has 1 aliphatic heterocycles. The minimum atomic E-state index is -0.517. The van der Waals surface area contributed by atoms with Crippen LogP contribution in [0.1, 0.15) is 5.56 Å². The van der Waals surface area contributed by atoms with Crippen LogP contribution in [-0.2, 0) is 4.79 Å². The number of ether oxygens (including phenoxy) is 3. The lowest BCUT2D eigenvalue weighted by molar-refractivity contribution is -0.111. The molecule has 0 aliphatic carbocycles. The standard InChI is InChI=1S/C20H14FN3O4/c21-15-3-1-2-4-16(15)28-20-22-10-14(11-23-20)24-19(25)8-6-13-5-7-17-18(9-13)27-12-26-17/h1-11H,12H2,(H,24,25)/b8-6+. The van der Waals surface area contributed by atoms with Crippen LogP contribution in [-0.4, -0.2) is 22.7 Å². The van der Waals surface area contributed by atoms with Gasteiger partial charge >= 0.3 is 6.01 Å². The van der Waals surface area contributed by atoms with Gasteiger partial charge in [0, 0.05) is 6.08 Å². The molecular weight excluding hydrogens is 365 g/mol. The van der Waals surface area contributed by atoms with Crippen LogP contribution in [0, 0.1) is 5.82 Å². The molecule has 28 heavy (non-hydrogen) atoms. The number of hydrogen-bond acceptors (Lipinski definition) is 6. The second-order valence-electron chi connectivity index (χ2n) is 5.72. The van der Waals surface area contributed by atoms with Gasteiger partial charge in [0.25, 0.3) is 0 Å². The molecule has 1 N–H and O–H groups in total. The molecular formula is C20H14FN3O4. The normalized spacial score (nSPS) is 12.2. The molecule has 0 saturated heterocycles. The molecule has 0 atom stereocenters. The van der Waals surface area contributed by atoms with Crippen molar-refractivity contribution in [1.29, 1.82) is 0 Å². The molecule has 0 bridgehead atoms. The molecule has 7 nitrogen and oxygen atoms in total. The van der Waals surface area contributed by atoms with Crippen LogP contribution in [0.25, 0.3) is 6.08 Å². The third kappa shape index (κ3) is 4.07. The highest BCUT2D eigenvalue weighted by atomic mass is 19.1. The summed E-state index contributed by atoms with van der Waals surface area (Å²) in [4.78, 5) is 20.0. The van der Waals surface area contributed by atoms with Crippen molar-refractivity contribution in [2.24, 2.45) is 0 Å². The number of aromatic nitrogens is 2. The van der Waals surface area contributed by atoms with Gasteiger partial charge in [-0.1, -0.05) is 18.2 Å². The minimum absolute atomic E-state index is 0.0194. The number of anilines is 1. The van der Waals surface area contributed by atoms with Crippen LogP contribution >= 0.6 is 0 Å². The minimum Gasteiger partial charge on any atom is -0.454 e. The summed E-state index contributed by atoms with van der Waals surface area (Å²) in [6.45, 7) is 0.194. The molecule has 1 amide bonds. The molecule has 0 saturated carbocycles. The smallest absolute Gasteiger partial charge is 0.322 e. The van der Waals surface area contributed by atoms with Crippen LogP contribution < -0.4 is 19.5 Å². The number of nitrogens with one attached hydrogen (secondary N) is 1. The maximum absolute atomic E-state index is 13.6. The number of amides is 1. The molecule has 1 aromatic heterocycles. The fraction of sp³-hybridized carbons (Fsp3) is 0.0500. The van der Waals surface area contributed by atoms with Crippen molar-refractivity contribution in [2.75, 3.05) is 12.1 Å². The van der Waals surface area contributed by atoms with Gasteiger partial charge in [-0.15, -0.1) is 0 Å². The Labute approximate surface area is 159 Å². The van der Waals surface area contributed by atoms with Crippen molar-refractivity contribution in [3.63, 3.8) is 0 Å². The highest BCUT2D eigenvalue weighted by Gasteiger charge is 2.12. The maximum Gasteiger partial charge on any atom is 0.322 e. The van der Waals surface area contributed by atoms with Gasteiger partial charge in [-0.25, -0.2) is 14.4 Å². The van der Waals surface area contributed by atoms with Crippen LogP contribution in [0.4, 0.5) is 10.1 Å². The summed E-state index contributed by atoms with van der Waals surface area (Å²) in [6.07, 6.45) is 5.76. The summed E-state index contributed by atoms with van der Waals surface area (Å²) < 4.78 is 29.4. The predicted octanol–water partition coefficient (Wildman–Crippen LogP) is 3.79. The first kappa shape index (κ1) is 17.5. The lowest BCUT2D eigenvalue weighted by atomic mass is 10.2. The van der Waals surface area contributed by atoms with Crippen molar-refractivity contribution in [3.05, 3.63) is 72.3 Å². The van der Waals surface area contributed by atoms with E-state index in [2.05, 4.69) is 15.3 Å². The van der Waals surface area contributed by atoms with Gasteiger partial charge in [-0.2, -0.15) is 0 Å². The van der Waals surface area contributed by atoms with E-state index < -0.39 is 5.82 Å². The number of carbonyl (C=O) groups excluding carboxylic acids is 1. The van der Waals surface area contributed by atoms with Crippen LogP contribution in [0.3, 0.4) is 0 Å². The zero-order valence-electron chi connectivity index (χ0n) is 14.5. The number of rotatable bonds is 5. The SMILES string of the molecule is O=C(/C=C/c1ccc2c(c1)OCO2)Nc1cnc(Oc2ccccc2F)nc1. The van der Waals surface area contributed by atoms with E-state index in [0.717, 1.165) is 5.56 Å². The first-order chi connectivity index (χ1) is 13.7. The van der Waals surface area contributed by atoms with E-state index in [0.29, 0.717) is 17.2 Å². The van der Waals surface area contributed by atoms with Crippen molar-refractivity contribution < 1.29 is 23.4 Å². The summed E-state index contributed by atoms with van der Waals surface area (Å²) in [5, 5.41) is 2.63. The third-order valence-electron chi connectivity index (χ3n) is 3.76.